The highest BCUT2D eigenvalue weighted by Crippen LogP contribution is 2.21. The van der Waals surface area contributed by atoms with Crippen molar-refractivity contribution in [2.45, 2.75) is 71.6 Å². The summed E-state index contributed by atoms with van der Waals surface area (Å²) >= 11 is 0. The van der Waals surface area contributed by atoms with Crippen LogP contribution in [0.5, 0.6) is 5.75 Å². The predicted molar refractivity (Wildman–Crippen MR) is 116 cm³/mol. The summed E-state index contributed by atoms with van der Waals surface area (Å²) in [7, 11) is 0. The zero-order chi connectivity index (χ0) is 19.2. The van der Waals surface area contributed by atoms with Gasteiger partial charge in [0, 0.05) is 11.8 Å². The van der Waals surface area contributed by atoms with Crippen molar-refractivity contribution in [3.05, 3.63) is 60.3 Å². The van der Waals surface area contributed by atoms with Crippen LogP contribution in [-0.2, 0) is 6.42 Å². The molecule has 0 bridgehead atoms. The molecule has 0 fully saturated rings. The second-order valence-corrected chi connectivity index (χ2v) is 7.16. The molecule has 2 rings (SSSR count). The molecule has 0 spiro atoms. The van der Waals surface area contributed by atoms with Crippen LogP contribution in [0.15, 0.2) is 54.7 Å². The SMILES string of the molecule is CCCC=CCOc1ccc(-c2ccc(CCCCCCCC)cn2)cc1. The number of nitrogens with zero attached hydrogens (tertiary/aromatic N) is 1. The Kier molecular flexibility index (Phi) is 10.3. The zero-order valence-corrected chi connectivity index (χ0v) is 17.1. The van der Waals surface area contributed by atoms with E-state index in [9.17, 15) is 0 Å². The van der Waals surface area contributed by atoms with Gasteiger partial charge in [0.1, 0.15) is 12.4 Å². The van der Waals surface area contributed by atoms with Gasteiger partial charge in [0.2, 0.25) is 0 Å². The van der Waals surface area contributed by atoms with Crippen LogP contribution in [0.2, 0.25) is 0 Å². The third kappa shape index (κ3) is 8.43. The van der Waals surface area contributed by atoms with Crippen molar-refractivity contribution < 1.29 is 4.74 Å². The Morgan fingerprint density at radius 3 is 2.30 bits per heavy atom. The van der Waals surface area contributed by atoms with Gasteiger partial charge in [-0.15, -0.1) is 0 Å². The van der Waals surface area contributed by atoms with Gasteiger partial charge < -0.3 is 4.74 Å². The lowest BCUT2D eigenvalue weighted by Crippen LogP contribution is -1.93. The summed E-state index contributed by atoms with van der Waals surface area (Å²) in [6.45, 7) is 5.07. The maximum atomic E-state index is 5.73. The molecule has 0 amide bonds. The van der Waals surface area contributed by atoms with Crippen LogP contribution in [0, 0.1) is 0 Å². The normalized spacial score (nSPS) is 11.2. The van der Waals surface area contributed by atoms with Crippen molar-refractivity contribution in [1.29, 1.82) is 0 Å². The van der Waals surface area contributed by atoms with E-state index in [4.69, 9.17) is 4.74 Å². The second kappa shape index (κ2) is 13.1. The molecule has 0 radical (unpaired) electrons. The fourth-order valence-electron chi connectivity index (χ4n) is 3.07. The number of aryl methyl sites for hydroxylation is 1. The molecular formula is C25H35NO. The van der Waals surface area contributed by atoms with E-state index in [2.05, 4.69) is 55.2 Å². The van der Waals surface area contributed by atoms with Gasteiger partial charge in [-0.3, -0.25) is 4.98 Å². The molecular weight excluding hydrogens is 330 g/mol. The van der Waals surface area contributed by atoms with Gasteiger partial charge in [0.15, 0.2) is 0 Å². The summed E-state index contributed by atoms with van der Waals surface area (Å²) in [4.78, 5) is 4.65. The van der Waals surface area contributed by atoms with Gasteiger partial charge >= 0.3 is 0 Å². The van der Waals surface area contributed by atoms with Gasteiger partial charge in [-0.1, -0.05) is 70.6 Å². The minimum Gasteiger partial charge on any atom is -0.490 e. The Morgan fingerprint density at radius 2 is 1.59 bits per heavy atom. The summed E-state index contributed by atoms with van der Waals surface area (Å²) in [6, 6.07) is 12.6. The molecule has 1 aromatic carbocycles. The second-order valence-electron chi connectivity index (χ2n) is 7.16. The van der Waals surface area contributed by atoms with Gasteiger partial charge in [-0.05, 0) is 55.2 Å². The number of allylic oxidation sites excluding steroid dienone is 1. The average molecular weight is 366 g/mol. The monoisotopic (exact) mass is 365 g/mol. The number of hydrogen-bond acceptors (Lipinski definition) is 2. The van der Waals surface area contributed by atoms with Gasteiger partial charge in [-0.25, -0.2) is 0 Å². The fraction of sp³-hybridized carbons (Fsp3) is 0.480. The van der Waals surface area contributed by atoms with Crippen molar-refractivity contribution in [2.75, 3.05) is 6.61 Å². The molecule has 1 aromatic heterocycles. The van der Waals surface area contributed by atoms with E-state index in [0.29, 0.717) is 6.61 Å². The minimum atomic E-state index is 0.630. The molecule has 0 N–H and O–H groups in total. The zero-order valence-electron chi connectivity index (χ0n) is 17.1. The Bertz CT molecular complexity index is 643. The highest BCUT2D eigenvalue weighted by molar-refractivity contribution is 5.60. The maximum absolute atomic E-state index is 5.73. The Balaban J connectivity index is 1.77. The molecule has 0 saturated heterocycles. The van der Waals surface area contributed by atoms with E-state index in [1.54, 1.807) is 0 Å². The van der Waals surface area contributed by atoms with Crippen LogP contribution in [0.1, 0.15) is 70.8 Å². The van der Waals surface area contributed by atoms with Crippen molar-refractivity contribution in [1.82, 2.24) is 4.98 Å². The van der Waals surface area contributed by atoms with Crippen LogP contribution in [0.25, 0.3) is 11.3 Å². The molecule has 0 unspecified atom stereocenters. The third-order valence-electron chi connectivity index (χ3n) is 4.76. The lowest BCUT2D eigenvalue weighted by Gasteiger charge is -2.06. The minimum absolute atomic E-state index is 0.630. The van der Waals surface area contributed by atoms with E-state index in [-0.39, 0.29) is 0 Å². The topological polar surface area (TPSA) is 22.1 Å². The molecule has 27 heavy (non-hydrogen) atoms. The lowest BCUT2D eigenvalue weighted by molar-refractivity contribution is 0.362. The molecule has 2 aromatic rings. The fourth-order valence-corrected chi connectivity index (χ4v) is 3.07. The summed E-state index contributed by atoms with van der Waals surface area (Å²) in [5.41, 5.74) is 3.50. The van der Waals surface area contributed by atoms with Crippen LogP contribution in [-0.4, -0.2) is 11.6 Å². The van der Waals surface area contributed by atoms with E-state index >= 15 is 0 Å². The largest absolute Gasteiger partial charge is 0.490 e. The first kappa shape index (κ1) is 21.2. The standard InChI is InChI=1S/C25H35NO/c1-3-5-7-9-10-11-13-22-14-19-25(26-21-22)23-15-17-24(18-16-23)27-20-12-8-6-4-2/h8,12,14-19,21H,3-7,9-11,13,20H2,1-2H3. The van der Waals surface area contributed by atoms with Crippen LogP contribution >= 0.6 is 0 Å². The van der Waals surface area contributed by atoms with Crippen molar-refractivity contribution in [3.8, 4) is 17.0 Å². The number of hydrogen-bond donors (Lipinski definition) is 0. The molecule has 0 atom stereocenters. The van der Waals surface area contributed by atoms with Crippen molar-refractivity contribution in [3.63, 3.8) is 0 Å². The van der Waals surface area contributed by atoms with E-state index in [1.165, 1.54) is 50.5 Å². The van der Waals surface area contributed by atoms with Crippen LogP contribution in [0.4, 0.5) is 0 Å². The summed E-state index contributed by atoms with van der Waals surface area (Å²) in [5, 5.41) is 0. The number of ether oxygens (including phenoxy) is 1. The quantitative estimate of drug-likeness (QED) is 0.273. The molecule has 0 aliphatic rings. The number of unbranched alkanes of at least 4 members (excludes halogenated alkanes) is 6. The van der Waals surface area contributed by atoms with Gasteiger partial charge in [0.25, 0.3) is 0 Å². The summed E-state index contributed by atoms with van der Waals surface area (Å²) in [5.74, 6) is 0.902. The smallest absolute Gasteiger partial charge is 0.119 e. The van der Waals surface area contributed by atoms with Crippen molar-refractivity contribution in [2.24, 2.45) is 0 Å². The first-order valence-electron chi connectivity index (χ1n) is 10.7. The molecule has 0 aliphatic carbocycles. The summed E-state index contributed by atoms with van der Waals surface area (Å²) in [6.07, 6.45) is 17.7. The molecule has 2 heteroatoms. The number of pyridine rings is 1. The first-order chi connectivity index (χ1) is 13.3. The van der Waals surface area contributed by atoms with E-state index in [0.717, 1.165) is 29.8 Å². The Morgan fingerprint density at radius 1 is 0.815 bits per heavy atom. The molecule has 2 nitrogen and oxygen atoms in total. The predicted octanol–water partition coefficient (Wildman–Crippen LogP) is 7.39. The number of aromatic nitrogens is 1. The Hall–Kier alpha value is -2.09. The Labute approximate surface area is 165 Å². The van der Waals surface area contributed by atoms with Crippen LogP contribution < -0.4 is 4.74 Å². The summed E-state index contributed by atoms with van der Waals surface area (Å²) < 4.78 is 5.73. The molecule has 146 valence electrons. The van der Waals surface area contributed by atoms with E-state index in [1.807, 2.05) is 18.3 Å². The number of rotatable bonds is 13. The molecule has 1 heterocycles. The first-order valence-corrected chi connectivity index (χ1v) is 10.7. The maximum Gasteiger partial charge on any atom is 0.119 e. The number of benzene rings is 1. The molecule has 0 aliphatic heterocycles. The third-order valence-corrected chi connectivity index (χ3v) is 4.76. The average Bonchev–Trinajstić information content (AvgIpc) is 2.71. The van der Waals surface area contributed by atoms with E-state index < -0.39 is 0 Å². The van der Waals surface area contributed by atoms with Crippen LogP contribution in [0.3, 0.4) is 0 Å². The highest BCUT2D eigenvalue weighted by atomic mass is 16.5. The van der Waals surface area contributed by atoms with Gasteiger partial charge in [-0.2, -0.15) is 0 Å². The highest BCUT2D eigenvalue weighted by Gasteiger charge is 2.01. The van der Waals surface area contributed by atoms with Crippen molar-refractivity contribution >= 4 is 0 Å². The molecule has 0 saturated carbocycles. The van der Waals surface area contributed by atoms with Gasteiger partial charge in [0.05, 0.1) is 5.69 Å². The lowest BCUT2D eigenvalue weighted by atomic mass is 10.1.